The molecule has 2 rings (SSSR count). The smallest absolute Gasteiger partial charge is 0.319 e. The number of imide groups is 1. The van der Waals surface area contributed by atoms with Gasteiger partial charge in [-0.15, -0.1) is 0 Å². The van der Waals surface area contributed by atoms with Gasteiger partial charge in [0.25, 0.3) is 5.91 Å². The van der Waals surface area contributed by atoms with Gasteiger partial charge in [0.05, 0.1) is 0 Å². The molecule has 0 saturated carbocycles. The van der Waals surface area contributed by atoms with Gasteiger partial charge < -0.3 is 5.32 Å². The van der Waals surface area contributed by atoms with E-state index in [1.165, 1.54) is 13.0 Å². The zero-order valence-corrected chi connectivity index (χ0v) is 10.7. The molecule has 0 aliphatic carbocycles. The van der Waals surface area contributed by atoms with E-state index in [2.05, 4.69) is 5.32 Å². The van der Waals surface area contributed by atoms with Gasteiger partial charge in [-0.05, 0) is 19.4 Å². The van der Waals surface area contributed by atoms with Crippen LogP contribution in [0.4, 0.5) is 13.6 Å². The highest BCUT2D eigenvalue weighted by molar-refractivity contribution is 6.07. The number of halogens is 2. The van der Waals surface area contributed by atoms with Crippen LogP contribution in [-0.4, -0.2) is 23.4 Å². The van der Waals surface area contributed by atoms with Crippen molar-refractivity contribution in [2.45, 2.75) is 25.8 Å². The van der Waals surface area contributed by atoms with Crippen LogP contribution < -0.4 is 5.32 Å². The highest BCUT2D eigenvalue weighted by atomic mass is 19.1. The first-order valence-corrected chi connectivity index (χ1v) is 5.99. The van der Waals surface area contributed by atoms with Crippen LogP contribution in [0.25, 0.3) is 0 Å². The lowest BCUT2D eigenvalue weighted by molar-refractivity contribution is -0.131. The Bertz CT molecular complexity index is 547. The first-order chi connectivity index (χ1) is 8.90. The van der Waals surface area contributed by atoms with E-state index in [1.54, 1.807) is 0 Å². The Morgan fingerprint density at radius 3 is 2.58 bits per heavy atom. The van der Waals surface area contributed by atoms with E-state index in [9.17, 15) is 18.4 Å². The van der Waals surface area contributed by atoms with Crippen LogP contribution in [-0.2, 0) is 10.3 Å². The van der Waals surface area contributed by atoms with Gasteiger partial charge in [0, 0.05) is 18.2 Å². The van der Waals surface area contributed by atoms with Gasteiger partial charge in [0.15, 0.2) is 0 Å². The third-order valence-electron chi connectivity index (χ3n) is 3.19. The summed E-state index contributed by atoms with van der Waals surface area (Å²) in [7, 11) is 0. The quantitative estimate of drug-likeness (QED) is 0.854. The van der Waals surface area contributed by atoms with Crippen molar-refractivity contribution in [1.29, 1.82) is 0 Å². The number of urea groups is 1. The van der Waals surface area contributed by atoms with Crippen LogP contribution in [0, 0.1) is 11.6 Å². The number of carbonyl (C=O) groups is 2. The number of hydrogen-bond acceptors (Lipinski definition) is 2. The maximum atomic E-state index is 13.8. The van der Waals surface area contributed by atoms with E-state index in [0.29, 0.717) is 12.5 Å². The van der Waals surface area contributed by atoms with Gasteiger partial charge in [-0.1, -0.05) is 13.0 Å². The lowest BCUT2D eigenvalue weighted by atomic mass is 9.91. The van der Waals surface area contributed by atoms with Crippen molar-refractivity contribution in [3.63, 3.8) is 0 Å². The van der Waals surface area contributed by atoms with Crippen LogP contribution in [0.3, 0.4) is 0 Å². The van der Waals surface area contributed by atoms with Gasteiger partial charge in [0.1, 0.15) is 17.2 Å². The topological polar surface area (TPSA) is 49.4 Å². The van der Waals surface area contributed by atoms with Gasteiger partial charge in [-0.2, -0.15) is 0 Å². The average molecular weight is 268 g/mol. The summed E-state index contributed by atoms with van der Waals surface area (Å²) in [5.41, 5.74) is -1.52. The summed E-state index contributed by atoms with van der Waals surface area (Å²) in [6.45, 7) is 3.51. The van der Waals surface area contributed by atoms with Gasteiger partial charge in [-0.3, -0.25) is 9.69 Å². The summed E-state index contributed by atoms with van der Waals surface area (Å²) in [5.74, 6) is -2.11. The maximum Gasteiger partial charge on any atom is 0.325 e. The molecule has 1 aliphatic heterocycles. The molecule has 6 heteroatoms. The predicted molar refractivity (Wildman–Crippen MR) is 64.2 cm³/mol. The van der Waals surface area contributed by atoms with E-state index in [1.807, 2.05) is 6.92 Å². The molecule has 1 unspecified atom stereocenters. The van der Waals surface area contributed by atoms with Crippen LogP contribution in [0.5, 0.6) is 0 Å². The van der Waals surface area contributed by atoms with Crippen LogP contribution in [0.15, 0.2) is 18.2 Å². The van der Waals surface area contributed by atoms with E-state index in [-0.39, 0.29) is 12.1 Å². The SMILES string of the molecule is CCCN1C(=O)NC(C)(c2ccc(F)cc2F)C1=O. The monoisotopic (exact) mass is 268 g/mol. The molecule has 1 fully saturated rings. The fraction of sp³-hybridized carbons (Fsp3) is 0.385. The lowest BCUT2D eigenvalue weighted by Crippen LogP contribution is -2.41. The Morgan fingerprint density at radius 1 is 1.32 bits per heavy atom. The second kappa shape index (κ2) is 4.60. The molecule has 3 amide bonds. The third kappa shape index (κ3) is 2.07. The number of benzene rings is 1. The largest absolute Gasteiger partial charge is 0.325 e. The summed E-state index contributed by atoms with van der Waals surface area (Å²) in [5, 5.41) is 2.47. The van der Waals surface area contributed by atoms with Crippen LogP contribution in [0.1, 0.15) is 25.8 Å². The molecular weight excluding hydrogens is 254 g/mol. The summed E-state index contributed by atoms with van der Waals surface area (Å²) >= 11 is 0. The molecule has 1 atom stereocenters. The molecule has 1 aromatic carbocycles. The van der Waals surface area contributed by atoms with Crippen molar-refractivity contribution in [3.8, 4) is 0 Å². The zero-order valence-electron chi connectivity index (χ0n) is 10.7. The van der Waals surface area contributed by atoms with E-state index in [0.717, 1.165) is 11.0 Å². The minimum absolute atomic E-state index is 0.0362. The Hall–Kier alpha value is -1.98. The molecule has 0 radical (unpaired) electrons. The summed E-state index contributed by atoms with van der Waals surface area (Å²) in [6.07, 6.45) is 0.612. The maximum absolute atomic E-state index is 13.8. The summed E-state index contributed by atoms with van der Waals surface area (Å²) in [6, 6.07) is 2.38. The van der Waals surface area contributed by atoms with E-state index < -0.39 is 29.1 Å². The Morgan fingerprint density at radius 2 is 2.00 bits per heavy atom. The molecule has 0 bridgehead atoms. The standard InChI is InChI=1S/C13H14F2N2O2/c1-3-6-17-11(18)13(2,16-12(17)19)9-5-4-8(14)7-10(9)15/h4-5,7H,3,6H2,1-2H3,(H,16,19). The number of hydrogen-bond donors (Lipinski definition) is 1. The van der Waals surface area contributed by atoms with Crippen LogP contribution >= 0.6 is 0 Å². The molecule has 1 saturated heterocycles. The number of nitrogens with one attached hydrogen (secondary N) is 1. The first-order valence-electron chi connectivity index (χ1n) is 5.99. The van der Waals surface area contributed by atoms with Crippen LogP contribution in [0.2, 0.25) is 0 Å². The van der Waals surface area contributed by atoms with Gasteiger partial charge >= 0.3 is 6.03 Å². The Kier molecular flexibility index (Phi) is 3.26. The minimum atomic E-state index is -1.48. The molecule has 0 aromatic heterocycles. The molecule has 1 aliphatic rings. The Labute approximate surface area is 109 Å². The highest BCUT2D eigenvalue weighted by Gasteiger charge is 2.49. The van der Waals surface area contributed by atoms with Crippen molar-refractivity contribution in [3.05, 3.63) is 35.4 Å². The second-order valence-corrected chi connectivity index (χ2v) is 4.64. The summed E-state index contributed by atoms with van der Waals surface area (Å²) < 4.78 is 26.7. The number of nitrogens with zero attached hydrogens (tertiary/aromatic N) is 1. The van der Waals surface area contributed by atoms with Crippen molar-refractivity contribution in [2.75, 3.05) is 6.54 Å². The molecule has 0 spiro atoms. The second-order valence-electron chi connectivity index (χ2n) is 4.64. The van der Waals surface area contributed by atoms with Gasteiger partial charge in [0.2, 0.25) is 0 Å². The number of carbonyl (C=O) groups excluding carboxylic acids is 2. The fourth-order valence-corrected chi connectivity index (χ4v) is 2.20. The molecule has 1 heterocycles. The highest BCUT2D eigenvalue weighted by Crippen LogP contribution is 2.30. The molecule has 4 nitrogen and oxygen atoms in total. The van der Waals surface area contributed by atoms with E-state index in [4.69, 9.17) is 0 Å². The fourth-order valence-electron chi connectivity index (χ4n) is 2.20. The van der Waals surface area contributed by atoms with E-state index >= 15 is 0 Å². The minimum Gasteiger partial charge on any atom is -0.319 e. The lowest BCUT2D eigenvalue weighted by Gasteiger charge is -2.22. The van der Waals surface area contributed by atoms with Crippen molar-refractivity contribution in [2.24, 2.45) is 0 Å². The normalized spacial score (nSPS) is 22.8. The molecular formula is C13H14F2N2O2. The molecule has 1 aromatic rings. The van der Waals surface area contributed by atoms with Crippen molar-refractivity contribution in [1.82, 2.24) is 10.2 Å². The first kappa shape index (κ1) is 13.5. The third-order valence-corrected chi connectivity index (χ3v) is 3.19. The Balaban J connectivity index is 2.43. The molecule has 1 N–H and O–H groups in total. The van der Waals surface area contributed by atoms with Crippen molar-refractivity contribution >= 4 is 11.9 Å². The number of amides is 3. The predicted octanol–water partition coefficient (Wildman–Crippen LogP) is 2.14. The summed E-state index contributed by atoms with van der Waals surface area (Å²) in [4.78, 5) is 25.0. The number of rotatable bonds is 3. The average Bonchev–Trinajstić information content (AvgIpc) is 2.54. The zero-order chi connectivity index (χ0) is 14.2. The van der Waals surface area contributed by atoms with Gasteiger partial charge in [-0.25, -0.2) is 13.6 Å². The molecule has 19 heavy (non-hydrogen) atoms. The van der Waals surface area contributed by atoms with Crippen molar-refractivity contribution < 1.29 is 18.4 Å². The molecule has 102 valence electrons.